The molecule has 2 aliphatic rings. The SMILES string of the molecule is CC1(C)OB(c2cccc(-c3ccc4c(c3)OC(c3ccccc3)(c3ccccc3)c3ccc(C#N)cc3-4)c2)OC1(C)C. The van der Waals surface area contributed by atoms with E-state index >= 15 is 0 Å². The molecule has 4 nitrogen and oxygen atoms in total. The van der Waals surface area contributed by atoms with E-state index in [1.54, 1.807) is 0 Å². The van der Waals surface area contributed by atoms with Gasteiger partial charge in [-0.05, 0) is 68.0 Å². The van der Waals surface area contributed by atoms with E-state index in [9.17, 15) is 5.26 Å². The van der Waals surface area contributed by atoms with E-state index in [1.807, 2.05) is 60.7 Å². The summed E-state index contributed by atoms with van der Waals surface area (Å²) >= 11 is 0. The average molecular weight is 561 g/mol. The highest BCUT2D eigenvalue weighted by Crippen LogP contribution is 2.52. The molecule has 0 amide bonds. The fourth-order valence-electron chi connectivity index (χ4n) is 6.16. The highest BCUT2D eigenvalue weighted by Gasteiger charge is 2.51. The van der Waals surface area contributed by atoms with Crippen molar-refractivity contribution in [1.29, 1.82) is 5.26 Å². The first-order valence-corrected chi connectivity index (χ1v) is 14.7. The lowest BCUT2D eigenvalue weighted by Crippen LogP contribution is -2.41. The molecule has 0 saturated carbocycles. The van der Waals surface area contributed by atoms with Crippen molar-refractivity contribution in [3.05, 3.63) is 144 Å². The Bertz CT molecular complexity index is 1820. The Balaban J connectivity index is 1.39. The van der Waals surface area contributed by atoms with Crippen molar-refractivity contribution in [1.82, 2.24) is 0 Å². The average Bonchev–Trinajstić information content (AvgIpc) is 3.27. The molecule has 1 saturated heterocycles. The van der Waals surface area contributed by atoms with Crippen LogP contribution in [-0.2, 0) is 14.9 Å². The summed E-state index contributed by atoms with van der Waals surface area (Å²) in [4.78, 5) is 0. The first-order valence-electron chi connectivity index (χ1n) is 14.7. The summed E-state index contributed by atoms with van der Waals surface area (Å²) in [6.45, 7) is 8.27. The number of ether oxygens (including phenoxy) is 1. The molecule has 0 unspecified atom stereocenters. The Hall–Kier alpha value is -4.63. The van der Waals surface area contributed by atoms with Crippen LogP contribution in [0.1, 0.15) is 49.9 Å². The Kier molecular flexibility index (Phi) is 6.32. The van der Waals surface area contributed by atoms with Gasteiger partial charge in [0, 0.05) is 22.3 Å². The van der Waals surface area contributed by atoms with Crippen LogP contribution in [-0.4, -0.2) is 18.3 Å². The number of fused-ring (bicyclic) bond motifs is 3. The highest BCUT2D eigenvalue weighted by atomic mass is 16.7. The molecule has 5 heteroatoms. The predicted octanol–water partition coefficient (Wildman–Crippen LogP) is 7.88. The van der Waals surface area contributed by atoms with E-state index in [-0.39, 0.29) is 0 Å². The van der Waals surface area contributed by atoms with E-state index in [0.29, 0.717) is 5.56 Å². The minimum atomic E-state index is -0.901. The smallest absolute Gasteiger partial charge is 0.472 e. The molecule has 5 aromatic rings. The number of benzene rings is 5. The van der Waals surface area contributed by atoms with Crippen LogP contribution < -0.4 is 10.2 Å². The van der Waals surface area contributed by atoms with Crippen molar-refractivity contribution in [3.63, 3.8) is 0 Å². The molecule has 0 bridgehead atoms. The third kappa shape index (κ3) is 4.38. The van der Waals surface area contributed by atoms with Gasteiger partial charge in [0.15, 0.2) is 5.60 Å². The van der Waals surface area contributed by atoms with E-state index in [1.165, 1.54) is 0 Å². The van der Waals surface area contributed by atoms with E-state index in [0.717, 1.165) is 50.2 Å². The zero-order chi connectivity index (χ0) is 29.8. The fourth-order valence-corrected chi connectivity index (χ4v) is 6.16. The van der Waals surface area contributed by atoms with Gasteiger partial charge < -0.3 is 14.0 Å². The molecule has 210 valence electrons. The number of hydrogen-bond acceptors (Lipinski definition) is 4. The van der Waals surface area contributed by atoms with Crippen molar-refractivity contribution >= 4 is 12.6 Å². The Morgan fingerprint density at radius 2 is 1.23 bits per heavy atom. The number of nitrogens with zero attached hydrogens (tertiary/aromatic N) is 1. The van der Waals surface area contributed by atoms with Crippen LogP contribution >= 0.6 is 0 Å². The third-order valence-electron chi connectivity index (χ3n) is 9.17. The lowest BCUT2D eigenvalue weighted by Gasteiger charge is -2.41. The zero-order valence-electron chi connectivity index (χ0n) is 24.8. The van der Waals surface area contributed by atoms with Crippen LogP contribution in [0.4, 0.5) is 0 Å². The largest absolute Gasteiger partial charge is 0.494 e. The maximum atomic E-state index is 9.82. The lowest BCUT2D eigenvalue weighted by molar-refractivity contribution is 0.00578. The second kappa shape index (κ2) is 9.99. The Morgan fingerprint density at radius 3 is 1.86 bits per heavy atom. The molecule has 2 heterocycles. The first kappa shape index (κ1) is 27.2. The summed E-state index contributed by atoms with van der Waals surface area (Å²) in [5.74, 6) is 0.758. The number of hydrogen-bond donors (Lipinski definition) is 0. The molecule has 5 aromatic carbocycles. The summed E-state index contributed by atoms with van der Waals surface area (Å²) in [7, 11) is -0.445. The summed E-state index contributed by atoms with van der Waals surface area (Å²) in [6, 6.07) is 43.5. The molecule has 0 spiro atoms. The van der Waals surface area contributed by atoms with Crippen LogP contribution in [0, 0.1) is 11.3 Å². The molecule has 0 aromatic heterocycles. The minimum absolute atomic E-state index is 0.415. The predicted molar refractivity (Wildman–Crippen MR) is 171 cm³/mol. The highest BCUT2D eigenvalue weighted by molar-refractivity contribution is 6.62. The summed E-state index contributed by atoms with van der Waals surface area (Å²) < 4.78 is 19.9. The van der Waals surface area contributed by atoms with Crippen LogP contribution in [0.25, 0.3) is 22.3 Å². The molecule has 0 aliphatic carbocycles. The summed E-state index contributed by atoms with van der Waals surface area (Å²) in [5.41, 5.74) is 6.91. The molecule has 0 N–H and O–H groups in total. The van der Waals surface area contributed by atoms with E-state index < -0.39 is 23.9 Å². The van der Waals surface area contributed by atoms with Gasteiger partial charge >= 0.3 is 7.12 Å². The van der Waals surface area contributed by atoms with Crippen LogP contribution in [0.3, 0.4) is 0 Å². The Labute approximate surface area is 253 Å². The van der Waals surface area contributed by atoms with Gasteiger partial charge in [0.05, 0.1) is 22.8 Å². The molecule has 0 radical (unpaired) electrons. The van der Waals surface area contributed by atoms with Crippen molar-refractivity contribution in [2.45, 2.75) is 44.5 Å². The van der Waals surface area contributed by atoms with Gasteiger partial charge in [-0.1, -0.05) is 103 Å². The summed E-state index contributed by atoms with van der Waals surface area (Å²) in [5, 5.41) is 9.82. The molecule has 1 fully saturated rings. The Morgan fingerprint density at radius 1 is 0.605 bits per heavy atom. The monoisotopic (exact) mass is 561 g/mol. The molecular weight excluding hydrogens is 529 g/mol. The number of rotatable bonds is 4. The van der Waals surface area contributed by atoms with Crippen LogP contribution in [0.2, 0.25) is 0 Å². The van der Waals surface area contributed by atoms with Gasteiger partial charge in [0.1, 0.15) is 5.75 Å². The van der Waals surface area contributed by atoms with Crippen molar-refractivity contribution in [3.8, 4) is 34.1 Å². The quantitative estimate of drug-likeness (QED) is 0.210. The molecular formula is C38H32BNO3. The fraction of sp³-hybridized carbons (Fsp3) is 0.184. The van der Waals surface area contributed by atoms with Gasteiger partial charge in [-0.25, -0.2) is 0 Å². The molecule has 0 atom stereocenters. The first-order chi connectivity index (χ1) is 20.7. The maximum absolute atomic E-state index is 9.82. The van der Waals surface area contributed by atoms with Gasteiger partial charge in [-0.2, -0.15) is 5.26 Å². The number of nitriles is 1. The van der Waals surface area contributed by atoms with Gasteiger partial charge in [-0.3, -0.25) is 0 Å². The zero-order valence-corrected chi connectivity index (χ0v) is 24.8. The molecule has 7 rings (SSSR count). The topological polar surface area (TPSA) is 51.5 Å². The minimum Gasteiger partial charge on any atom is -0.472 e. The summed E-state index contributed by atoms with van der Waals surface area (Å²) in [6.07, 6.45) is 0. The second-order valence-corrected chi connectivity index (χ2v) is 12.3. The molecule has 43 heavy (non-hydrogen) atoms. The maximum Gasteiger partial charge on any atom is 0.494 e. The lowest BCUT2D eigenvalue weighted by atomic mass is 9.74. The van der Waals surface area contributed by atoms with Crippen molar-refractivity contribution < 1.29 is 14.0 Å². The molecule has 2 aliphatic heterocycles. The van der Waals surface area contributed by atoms with E-state index in [4.69, 9.17) is 14.0 Å². The van der Waals surface area contributed by atoms with Crippen LogP contribution in [0.15, 0.2) is 121 Å². The van der Waals surface area contributed by atoms with Gasteiger partial charge in [-0.15, -0.1) is 0 Å². The van der Waals surface area contributed by atoms with Gasteiger partial charge in [0.25, 0.3) is 0 Å². The van der Waals surface area contributed by atoms with Crippen molar-refractivity contribution in [2.75, 3.05) is 0 Å². The normalized spacial score (nSPS) is 17.3. The van der Waals surface area contributed by atoms with Gasteiger partial charge in [0.2, 0.25) is 0 Å². The third-order valence-corrected chi connectivity index (χ3v) is 9.17. The standard InChI is InChI=1S/C38H32BNO3/c1-36(2)37(3,4)43-39(42-36)31-17-11-12-27(23-31)28-19-20-32-33-22-26(25-40)18-21-34(33)38(41-35(32)24-28,29-13-7-5-8-14-29)30-15-9-6-10-16-30/h5-24H,1-4H3. The van der Waals surface area contributed by atoms with Crippen molar-refractivity contribution in [2.24, 2.45) is 0 Å². The van der Waals surface area contributed by atoms with E-state index in [2.05, 4.69) is 94.4 Å². The van der Waals surface area contributed by atoms with Crippen LogP contribution in [0.5, 0.6) is 5.75 Å². The second-order valence-electron chi connectivity index (χ2n) is 12.3.